The maximum atomic E-state index is 12.4. The number of sulfonamides is 1. The van der Waals surface area contributed by atoms with E-state index in [0.717, 1.165) is 22.9 Å². The highest BCUT2D eigenvalue weighted by Crippen LogP contribution is 2.28. The van der Waals surface area contributed by atoms with Crippen LogP contribution in [0.5, 0.6) is 5.75 Å². The molecule has 0 aromatic heterocycles. The summed E-state index contributed by atoms with van der Waals surface area (Å²) in [6.07, 6.45) is 1.03. The number of aliphatic hydroxyl groups is 1. The number of anilines is 1. The molecule has 9 heteroatoms. The van der Waals surface area contributed by atoms with Gasteiger partial charge in [0.25, 0.3) is 0 Å². The van der Waals surface area contributed by atoms with Crippen molar-refractivity contribution in [3.63, 3.8) is 0 Å². The van der Waals surface area contributed by atoms with Gasteiger partial charge in [0, 0.05) is 18.6 Å². The van der Waals surface area contributed by atoms with Crippen molar-refractivity contribution >= 4 is 21.6 Å². The number of benzene rings is 3. The number of hydrogen-bond acceptors (Lipinski definition) is 6. The fourth-order valence-electron chi connectivity index (χ4n) is 4.00. The number of carbonyl (C=O) groups is 1. The van der Waals surface area contributed by atoms with Gasteiger partial charge in [0.1, 0.15) is 5.75 Å². The third-order valence-electron chi connectivity index (χ3n) is 5.81. The molecular weight excluding hydrogens is 490 g/mol. The molecule has 0 fully saturated rings. The van der Waals surface area contributed by atoms with E-state index in [-0.39, 0.29) is 35.8 Å². The lowest BCUT2D eigenvalue weighted by Crippen LogP contribution is -2.43. The van der Waals surface area contributed by atoms with Gasteiger partial charge >= 0.3 is 0 Å². The van der Waals surface area contributed by atoms with E-state index in [2.05, 4.69) is 15.4 Å². The molecule has 3 aromatic carbocycles. The Balaban J connectivity index is 1.55. The standard InChI is InChI=1S/C28H35N3O5S/c1-28(2,30-19-26(33)23-12-13-25(32)24(16-23)31-37(3,35)36)17-22-11-7-10-21(14-22)15-27(34)29-18-20-8-5-4-6-9-20/h4-14,16,26,30-33H,15,17-19H2,1-3H3,(H,29,34)/t26-/m0/s1. The highest BCUT2D eigenvalue weighted by molar-refractivity contribution is 7.92. The summed E-state index contributed by atoms with van der Waals surface area (Å²) in [4.78, 5) is 12.4. The van der Waals surface area contributed by atoms with Gasteiger partial charge < -0.3 is 20.8 Å². The SMILES string of the molecule is CC(C)(Cc1cccc(CC(=O)NCc2ccccc2)c1)NC[C@H](O)c1ccc(O)c(NS(C)(=O)=O)c1. The molecule has 0 saturated heterocycles. The minimum absolute atomic E-state index is 0.0166. The number of β-amino-alcohol motifs (C(OH)–C–C–N with tert-alkyl or cyclic N) is 1. The van der Waals surface area contributed by atoms with Gasteiger partial charge in [-0.2, -0.15) is 0 Å². The van der Waals surface area contributed by atoms with Crippen LogP contribution in [-0.2, 0) is 34.2 Å². The van der Waals surface area contributed by atoms with Crippen LogP contribution in [0, 0.1) is 0 Å². The summed E-state index contributed by atoms with van der Waals surface area (Å²) < 4.78 is 25.3. The first-order chi connectivity index (χ1) is 17.4. The second kappa shape index (κ2) is 12.2. The molecule has 0 saturated carbocycles. The second-order valence-corrected chi connectivity index (χ2v) is 11.6. The molecule has 0 aliphatic carbocycles. The second-order valence-electron chi connectivity index (χ2n) is 9.87. The zero-order chi connectivity index (χ0) is 27.1. The molecular formula is C28H35N3O5S. The maximum Gasteiger partial charge on any atom is 0.229 e. The molecule has 1 amide bonds. The van der Waals surface area contributed by atoms with Gasteiger partial charge in [0.2, 0.25) is 15.9 Å². The van der Waals surface area contributed by atoms with Crippen molar-refractivity contribution < 1.29 is 23.4 Å². The number of aliphatic hydroxyl groups excluding tert-OH is 1. The van der Waals surface area contributed by atoms with Crippen molar-refractivity contribution in [3.05, 3.63) is 95.1 Å². The predicted octanol–water partition coefficient (Wildman–Crippen LogP) is 3.27. The van der Waals surface area contributed by atoms with Crippen molar-refractivity contribution in [2.75, 3.05) is 17.5 Å². The van der Waals surface area contributed by atoms with Crippen LogP contribution in [0.2, 0.25) is 0 Å². The minimum atomic E-state index is -3.57. The van der Waals surface area contributed by atoms with E-state index >= 15 is 0 Å². The molecule has 0 spiro atoms. The Morgan fingerprint density at radius 1 is 0.946 bits per heavy atom. The minimum Gasteiger partial charge on any atom is -0.506 e. The Morgan fingerprint density at radius 2 is 1.62 bits per heavy atom. The molecule has 0 aliphatic heterocycles. The normalized spacial score (nSPS) is 12.6. The summed E-state index contributed by atoms with van der Waals surface area (Å²) in [6, 6.07) is 22.0. The van der Waals surface area contributed by atoms with E-state index in [1.54, 1.807) is 6.07 Å². The van der Waals surface area contributed by atoms with Crippen LogP contribution in [-0.4, -0.2) is 42.9 Å². The van der Waals surface area contributed by atoms with E-state index < -0.39 is 16.1 Å². The summed E-state index contributed by atoms with van der Waals surface area (Å²) in [5.74, 6) is -0.261. The zero-order valence-electron chi connectivity index (χ0n) is 21.4. The molecule has 37 heavy (non-hydrogen) atoms. The molecule has 5 N–H and O–H groups in total. The molecule has 0 bridgehead atoms. The summed E-state index contributed by atoms with van der Waals surface area (Å²) in [6.45, 7) is 4.75. The highest BCUT2D eigenvalue weighted by Gasteiger charge is 2.21. The first kappa shape index (κ1) is 28.2. The van der Waals surface area contributed by atoms with Crippen molar-refractivity contribution in [1.29, 1.82) is 0 Å². The van der Waals surface area contributed by atoms with Crippen LogP contribution in [0.25, 0.3) is 0 Å². The Hall–Kier alpha value is -3.40. The fourth-order valence-corrected chi connectivity index (χ4v) is 4.56. The predicted molar refractivity (Wildman–Crippen MR) is 146 cm³/mol. The number of nitrogens with one attached hydrogen (secondary N) is 3. The fraction of sp³-hybridized carbons (Fsp3) is 0.321. The van der Waals surface area contributed by atoms with Crippen LogP contribution < -0.4 is 15.4 Å². The Kier molecular flexibility index (Phi) is 9.31. The van der Waals surface area contributed by atoms with Gasteiger partial charge in [0.15, 0.2) is 0 Å². The van der Waals surface area contributed by atoms with Crippen LogP contribution in [0.4, 0.5) is 5.69 Å². The van der Waals surface area contributed by atoms with Gasteiger partial charge in [-0.15, -0.1) is 0 Å². The third-order valence-corrected chi connectivity index (χ3v) is 6.40. The van der Waals surface area contributed by atoms with E-state index in [1.165, 1.54) is 12.1 Å². The lowest BCUT2D eigenvalue weighted by molar-refractivity contribution is -0.120. The van der Waals surface area contributed by atoms with Crippen LogP contribution in [0.15, 0.2) is 72.8 Å². The number of phenols is 1. The molecule has 0 heterocycles. The first-order valence-electron chi connectivity index (χ1n) is 12.0. The Labute approximate surface area is 218 Å². The summed E-state index contributed by atoms with van der Waals surface area (Å²) >= 11 is 0. The highest BCUT2D eigenvalue weighted by atomic mass is 32.2. The lowest BCUT2D eigenvalue weighted by Gasteiger charge is -2.28. The Morgan fingerprint density at radius 3 is 2.32 bits per heavy atom. The number of phenolic OH excluding ortho intramolecular Hbond substituents is 1. The Bertz CT molecular complexity index is 1310. The maximum absolute atomic E-state index is 12.4. The van der Waals surface area contributed by atoms with Gasteiger partial charge in [-0.05, 0) is 54.7 Å². The lowest BCUT2D eigenvalue weighted by atomic mass is 9.93. The summed E-state index contributed by atoms with van der Waals surface area (Å²) in [5, 5.41) is 26.9. The van der Waals surface area contributed by atoms with Crippen molar-refractivity contribution in [3.8, 4) is 5.75 Å². The molecule has 0 unspecified atom stereocenters. The molecule has 1 atom stereocenters. The molecule has 8 nitrogen and oxygen atoms in total. The first-order valence-corrected chi connectivity index (χ1v) is 13.9. The van der Waals surface area contributed by atoms with Gasteiger partial charge in [0.05, 0.1) is 24.5 Å². The van der Waals surface area contributed by atoms with Crippen molar-refractivity contribution in [2.45, 2.75) is 44.9 Å². The largest absolute Gasteiger partial charge is 0.506 e. The quantitative estimate of drug-likeness (QED) is 0.231. The average Bonchev–Trinajstić information content (AvgIpc) is 2.82. The number of hydrogen-bond donors (Lipinski definition) is 5. The molecule has 0 radical (unpaired) electrons. The number of carbonyl (C=O) groups excluding carboxylic acids is 1. The van der Waals surface area contributed by atoms with Crippen molar-refractivity contribution in [1.82, 2.24) is 10.6 Å². The van der Waals surface area contributed by atoms with Crippen molar-refractivity contribution in [2.24, 2.45) is 0 Å². The van der Waals surface area contributed by atoms with E-state index in [4.69, 9.17) is 0 Å². The van der Waals surface area contributed by atoms with Crippen LogP contribution in [0.1, 0.15) is 42.2 Å². The molecule has 3 aromatic rings. The van der Waals surface area contributed by atoms with Gasteiger partial charge in [-0.25, -0.2) is 8.42 Å². The molecule has 0 aliphatic rings. The average molecular weight is 526 g/mol. The third kappa shape index (κ3) is 9.53. The van der Waals surface area contributed by atoms with Gasteiger partial charge in [-0.1, -0.05) is 60.7 Å². The topological polar surface area (TPSA) is 128 Å². The van der Waals surface area contributed by atoms with Gasteiger partial charge in [-0.3, -0.25) is 9.52 Å². The number of aromatic hydroxyl groups is 1. The number of amides is 1. The zero-order valence-corrected chi connectivity index (χ0v) is 22.2. The summed E-state index contributed by atoms with van der Waals surface area (Å²) in [7, 11) is -3.57. The smallest absolute Gasteiger partial charge is 0.229 e. The van der Waals surface area contributed by atoms with Crippen LogP contribution in [0.3, 0.4) is 0 Å². The molecule has 198 valence electrons. The molecule has 3 rings (SSSR count). The monoisotopic (exact) mass is 525 g/mol. The van der Waals surface area contributed by atoms with E-state index in [0.29, 0.717) is 18.5 Å². The number of rotatable bonds is 12. The van der Waals surface area contributed by atoms with Crippen LogP contribution >= 0.6 is 0 Å². The summed E-state index contributed by atoms with van der Waals surface area (Å²) in [5.41, 5.74) is 3.15. The van der Waals surface area contributed by atoms with E-state index in [1.807, 2.05) is 68.4 Å². The van der Waals surface area contributed by atoms with E-state index in [9.17, 15) is 23.4 Å².